The predicted molar refractivity (Wildman–Crippen MR) is 443 cm³/mol. The largest absolute Gasteiger partial charge is 1.00 e. The van der Waals surface area contributed by atoms with Crippen molar-refractivity contribution in [1.82, 2.24) is 0 Å². The molecule has 0 bridgehead atoms. The van der Waals surface area contributed by atoms with Gasteiger partial charge in [-0.3, -0.25) is 0 Å². The summed E-state index contributed by atoms with van der Waals surface area (Å²) in [4.78, 5) is 0. The van der Waals surface area contributed by atoms with Crippen molar-refractivity contribution in [2.45, 2.75) is 53.5 Å². The Hall–Kier alpha value is -10.4. The average Bonchev–Trinajstić information content (AvgIpc) is 1.64. The van der Waals surface area contributed by atoms with Gasteiger partial charge in [0.25, 0.3) is 0 Å². The van der Waals surface area contributed by atoms with Crippen molar-refractivity contribution in [3.63, 3.8) is 0 Å². The molecule has 0 nitrogen and oxygen atoms in total. The second kappa shape index (κ2) is 32.0. The molecule has 15 aromatic rings. The van der Waals surface area contributed by atoms with Crippen molar-refractivity contribution >= 4 is 23.6 Å². The number of allylic oxidation sites excluding steroid dienone is 4. The van der Waals surface area contributed by atoms with E-state index in [2.05, 4.69) is 433 Å². The Balaban J connectivity index is 0.00000337. The van der Waals surface area contributed by atoms with Crippen LogP contribution in [-0.2, 0) is 20.4 Å². The normalized spacial score (nSPS) is 13.4. The zero-order valence-electron chi connectivity index (χ0n) is 61.3. The van der Waals surface area contributed by atoms with Crippen LogP contribution in [0.2, 0.25) is 5.04 Å². The molecule has 0 N–H and O–H groups in total. The fourth-order valence-corrected chi connectivity index (χ4v) is 26.8. The minimum absolute atomic E-state index is 0. The van der Waals surface area contributed by atoms with Crippen LogP contribution in [0.1, 0.15) is 44.4 Å². The molecule has 0 saturated carbocycles. The van der Waals surface area contributed by atoms with E-state index in [-0.39, 0.29) is 37.2 Å². The Kier molecular flexibility index (Phi) is 22.3. The van der Waals surface area contributed by atoms with Crippen molar-refractivity contribution in [2.24, 2.45) is 0 Å². The fraction of sp³-hybridized carbons (Fsp3) is 0.0784. The summed E-state index contributed by atoms with van der Waals surface area (Å²) >= 11 is 2.55. The summed E-state index contributed by atoms with van der Waals surface area (Å²) in [5.74, 6) is 0. The molecule has 16 rings (SSSR count). The zero-order chi connectivity index (χ0) is 71.1. The van der Waals surface area contributed by atoms with E-state index in [1.165, 1.54) is 120 Å². The second-order valence-corrected chi connectivity index (χ2v) is 32.8. The SMILES string of the molecule is CC1=C(C)C(C)([Si](c2c(-c3ccccc3)c(-c3ccccc3)c(C)c(-c3ccccc3)c2-c2ccccc2)(c2c(-c3ccccc3)c(-c3ccccc3)c(C)c(-c3ccccc3)c2-c2ccccc2)c2c(-c3ccccc3)c(-c3ccccc3)c(C)c(-c3ccccc3)c2-c2ccccc2)[C]([Ti+3])=C1C.[Cl-].[Cl-].[Cl-]. The maximum atomic E-state index is 2.76. The number of hydrogen-bond acceptors (Lipinski definition) is 0. The Morgan fingerprint density at radius 1 is 0.196 bits per heavy atom. The average molecular weight is 1490 g/mol. The maximum absolute atomic E-state index is 4.86. The molecule has 1 atom stereocenters. The van der Waals surface area contributed by atoms with Crippen LogP contribution in [0.3, 0.4) is 0 Å². The van der Waals surface area contributed by atoms with E-state index in [1.54, 1.807) is 0 Å². The molecule has 5 heteroatoms. The van der Waals surface area contributed by atoms with Gasteiger partial charge < -0.3 is 37.2 Å². The molecule has 0 fully saturated rings. The van der Waals surface area contributed by atoms with E-state index >= 15 is 0 Å². The number of benzene rings is 15. The van der Waals surface area contributed by atoms with Crippen LogP contribution in [-0.4, -0.2) is 8.07 Å². The quantitative estimate of drug-likeness (QED) is 0.0668. The molecule has 0 aliphatic heterocycles. The number of halogens is 3. The summed E-state index contributed by atoms with van der Waals surface area (Å²) in [5.41, 5.74) is 36.1. The minimum atomic E-state index is -4.86. The van der Waals surface area contributed by atoms with E-state index in [9.17, 15) is 0 Å². The summed E-state index contributed by atoms with van der Waals surface area (Å²) in [5, 5.41) is 3.14. The molecule has 1 unspecified atom stereocenters. The van der Waals surface area contributed by atoms with E-state index in [0.717, 1.165) is 66.8 Å². The van der Waals surface area contributed by atoms with Crippen molar-refractivity contribution in [1.29, 1.82) is 0 Å². The van der Waals surface area contributed by atoms with E-state index < -0.39 is 13.1 Å². The van der Waals surface area contributed by atoms with Crippen LogP contribution in [0.5, 0.6) is 0 Å². The van der Waals surface area contributed by atoms with Gasteiger partial charge in [0.1, 0.15) is 0 Å². The van der Waals surface area contributed by atoms with Gasteiger partial charge >= 0.3 is 632 Å². The molecule has 107 heavy (non-hydrogen) atoms. The molecule has 0 spiro atoms. The van der Waals surface area contributed by atoms with Gasteiger partial charge in [-0.25, -0.2) is 0 Å². The molecule has 1 aliphatic rings. The topological polar surface area (TPSA) is 0 Å². The molecule has 0 saturated heterocycles. The van der Waals surface area contributed by atoms with E-state index in [0.29, 0.717) is 0 Å². The first-order chi connectivity index (χ1) is 51.0. The van der Waals surface area contributed by atoms with Crippen LogP contribution in [0.25, 0.3) is 134 Å². The smallest absolute Gasteiger partial charge is 1.00 e. The zero-order valence-corrected chi connectivity index (χ0v) is 66.1. The van der Waals surface area contributed by atoms with E-state index in [4.69, 9.17) is 0 Å². The first-order valence-corrected chi connectivity index (χ1v) is 39.2. The van der Waals surface area contributed by atoms with Crippen molar-refractivity contribution in [3.8, 4) is 134 Å². The van der Waals surface area contributed by atoms with Crippen LogP contribution in [0.4, 0.5) is 0 Å². The first-order valence-electron chi connectivity index (χ1n) is 36.4. The molecular weight excluding hydrogens is 1410 g/mol. The molecule has 15 aromatic carbocycles. The molecule has 518 valence electrons. The minimum Gasteiger partial charge on any atom is -1.00 e. The molecule has 0 heterocycles. The second-order valence-electron chi connectivity index (χ2n) is 28.0. The summed E-state index contributed by atoms with van der Waals surface area (Å²) < 4.78 is 1.36. The number of hydrogen-bond donors (Lipinski definition) is 0. The van der Waals surface area contributed by atoms with Gasteiger partial charge in [0.15, 0.2) is 0 Å². The summed E-state index contributed by atoms with van der Waals surface area (Å²) in [6.45, 7) is 17.5. The van der Waals surface area contributed by atoms with E-state index in [1.807, 2.05) is 0 Å². The molecule has 0 aromatic heterocycles. The van der Waals surface area contributed by atoms with Gasteiger partial charge in [-0.1, -0.05) is 0 Å². The van der Waals surface area contributed by atoms with Crippen molar-refractivity contribution < 1.29 is 57.7 Å². The van der Waals surface area contributed by atoms with Gasteiger partial charge in [0.2, 0.25) is 0 Å². The van der Waals surface area contributed by atoms with Gasteiger partial charge in [-0.15, -0.1) is 0 Å². The van der Waals surface area contributed by atoms with Gasteiger partial charge in [-0.05, 0) is 0 Å². The third-order valence-corrected chi connectivity index (χ3v) is 30.3. The Labute approximate surface area is 664 Å². The first kappa shape index (κ1) is 74.8. The summed E-state index contributed by atoms with van der Waals surface area (Å²) in [7, 11) is -4.86. The van der Waals surface area contributed by atoms with Crippen LogP contribution in [0.15, 0.2) is 385 Å². The molecular formula is C102H81Cl3SiTi. The van der Waals surface area contributed by atoms with Crippen molar-refractivity contribution in [3.05, 3.63) is 401 Å². The van der Waals surface area contributed by atoms with Gasteiger partial charge in [0, 0.05) is 0 Å². The van der Waals surface area contributed by atoms with Gasteiger partial charge in [0.05, 0.1) is 0 Å². The van der Waals surface area contributed by atoms with Crippen LogP contribution >= 0.6 is 0 Å². The molecule has 1 aliphatic carbocycles. The molecule has 0 amide bonds. The van der Waals surface area contributed by atoms with Gasteiger partial charge in [-0.2, -0.15) is 0 Å². The Morgan fingerprint density at radius 2 is 0.327 bits per heavy atom. The Morgan fingerprint density at radius 3 is 0.449 bits per heavy atom. The monoisotopic (exact) mass is 1490 g/mol. The summed E-state index contributed by atoms with van der Waals surface area (Å²) in [6.07, 6.45) is 0. The number of rotatable bonds is 16. The molecule has 0 radical (unpaired) electrons. The summed E-state index contributed by atoms with van der Waals surface area (Å²) in [6, 6.07) is 139. The standard InChI is InChI=1S/C102H81Si.3ClH.Ti/c1-69-68-102(7,74(6)70(69)2)103(99-93(81-56-32-14-33-57-81)87(75-44-20-8-21-45-75)71(3)88(76-46-22-9-23-47-76)94(99)82-58-34-15-35-59-82,100-95(83-60-36-16-37-61-83)89(77-48-24-10-25-49-77)72(4)90(78-50-26-11-27-51-78)96(100)84-62-38-17-39-63-84)101-97(85-64-40-18-41-65-85)91(79-52-28-12-29-53-79)73(5)92(80-54-30-13-31-55-80)98(101)86-66-42-19-43-67-86;;;;/h8-67H,1-7H3;3*1H;/q;;;;+3/p-3. The van der Waals surface area contributed by atoms with Crippen LogP contribution in [0, 0.1) is 20.8 Å². The maximum Gasteiger partial charge on any atom is -1.00 e. The third kappa shape index (κ3) is 12.7. The predicted octanol–water partition coefficient (Wildman–Crippen LogP) is 17.0. The third-order valence-electron chi connectivity index (χ3n) is 22.6. The fourth-order valence-electron chi connectivity index (χ4n) is 17.9. The Bertz CT molecular complexity index is 4860. The van der Waals surface area contributed by atoms with Crippen LogP contribution < -0.4 is 52.8 Å². The van der Waals surface area contributed by atoms with Crippen molar-refractivity contribution in [2.75, 3.05) is 0 Å².